The van der Waals surface area contributed by atoms with Crippen molar-refractivity contribution in [1.29, 1.82) is 0 Å². The molecule has 1 atom stereocenters. The number of unbranched alkanes of at least 4 members (excludes halogenated alkanes) is 3. The molecule has 0 fully saturated rings. The topological polar surface area (TPSA) is 9.23 Å². The van der Waals surface area contributed by atoms with Gasteiger partial charge in [0.2, 0.25) is 0 Å². The Kier molecular flexibility index (Phi) is 10.3. The van der Waals surface area contributed by atoms with Crippen LogP contribution in [-0.4, -0.2) is 6.10 Å². The maximum absolute atomic E-state index is 15.5. The molecule has 0 aliphatic rings. The molecule has 41 heavy (non-hydrogen) atoms. The Morgan fingerprint density at radius 1 is 0.634 bits per heavy atom. The summed E-state index contributed by atoms with van der Waals surface area (Å²) in [5, 5.41) is 0. The summed E-state index contributed by atoms with van der Waals surface area (Å²) < 4.78 is 52.3. The number of benzene rings is 4. The SMILES string of the molecule is CCCCCC[C@H](C)Oc1c(C)cc(-c2ccc(-c3ccc(-c4ccc(CCC)cc4)cc3F)c(F)c2F)cc1C. The molecule has 4 rings (SSSR count). The maximum Gasteiger partial charge on any atom is 0.167 e. The van der Waals surface area contributed by atoms with E-state index in [1.807, 2.05) is 50.2 Å². The van der Waals surface area contributed by atoms with Gasteiger partial charge >= 0.3 is 0 Å². The fourth-order valence-electron chi connectivity index (χ4n) is 5.46. The summed E-state index contributed by atoms with van der Waals surface area (Å²) in [6.07, 6.45) is 7.84. The van der Waals surface area contributed by atoms with Gasteiger partial charge in [-0.25, -0.2) is 13.2 Å². The van der Waals surface area contributed by atoms with Crippen LogP contribution in [-0.2, 0) is 6.42 Å². The van der Waals surface area contributed by atoms with Gasteiger partial charge in [0.25, 0.3) is 0 Å². The number of ether oxygens (including phenoxy) is 1. The van der Waals surface area contributed by atoms with Crippen LogP contribution in [0.5, 0.6) is 5.75 Å². The lowest BCUT2D eigenvalue weighted by molar-refractivity contribution is 0.203. The number of rotatable bonds is 12. The molecule has 0 unspecified atom stereocenters. The van der Waals surface area contributed by atoms with Crippen LogP contribution in [0.1, 0.15) is 76.0 Å². The van der Waals surface area contributed by atoms with Crippen molar-refractivity contribution in [2.45, 2.75) is 85.7 Å². The minimum absolute atomic E-state index is 0.0309. The molecule has 0 saturated carbocycles. The Bertz CT molecular complexity index is 1450. The molecule has 0 heterocycles. The molecule has 0 aliphatic carbocycles. The van der Waals surface area contributed by atoms with E-state index in [9.17, 15) is 0 Å². The molecule has 0 N–H and O–H groups in total. The van der Waals surface area contributed by atoms with Crippen LogP contribution in [0.2, 0.25) is 0 Å². The van der Waals surface area contributed by atoms with Gasteiger partial charge in [-0.2, -0.15) is 0 Å². The smallest absolute Gasteiger partial charge is 0.167 e. The lowest BCUT2D eigenvalue weighted by atomic mass is 9.94. The fraction of sp³-hybridized carbons (Fsp3) is 0.351. The Balaban J connectivity index is 1.56. The molecule has 0 bridgehead atoms. The van der Waals surface area contributed by atoms with E-state index in [-0.39, 0.29) is 22.8 Å². The van der Waals surface area contributed by atoms with Crippen LogP contribution < -0.4 is 4.74 Å². The van der Waals surface area contributed by atoms with Crippen LogP contribution in [0.3, 0.4) is 0 Å². The monoisotopic (exact) mass is 558 g/mol. The zero-order chi connectivity index (χ0) is 29.5. The van der Waals surface area contributed by atoms with Crippen molar-refractivity contribution >= 4 is 0 Å². The minimum Gasteiger partial charge on any atom is -0.490 e. The third-order valence-electron chi connectivity index (χ3n) is 7.72. The van der Waals surface area contributed by atoms with Gasteiger partial charge < -0.3 is 4.74 Å². The van der Waals surface area contributed by atoms with E-state index in [0.717, 1.165) is 48.1 Å². The van der Waals surface area contributed by atoms with Gasteiger partial charge in [0.1, 0.15) is 11.6 Å². The van der Waals surface area contributed by atoms with Crippen molar-refractivity contribution in [3.63, 3.8) is 0 Å². The summed E-state index contributed by atoms with van der Waals surface area (Å²) in [6.45, 7) is 10.2. The first kappa shape index (κ1) is 30.4. The summed E-state index contributed by atoms with van der Waals surface area (Å²) in [4.78, 5) is 0. The van der Waals surface area contributed by atoms with Crippen LogP contribution in [0.25, 0.3) is 33.4 Å². The van der Waals surface area contributed by atoms with Gasteiger partial charge in [0, 0.05) is 16.7 Å². The molecule has 0 spiro atoms. The second kappa shape index (κ2) is 13.9. The second-order valence-electron chi connectivity index (χ2n) is 11.1. The van der Waals surface area contributed by atoms with Crippen LogP contribution in [0.4, 0.5) is 13.2 Å². The zero-order valence-corrected chi connectivity index (χ0v) is 24.9. The average Bonchev–Trinajstić information content (AvgIpc) is 2.95. The highest BCUT2D eigenvalue weighted by molar-refractivity contribution is 5.75. The molecule has 0 radical (unpaired) electrons. The molecule has 4 aromatic rings. The molecule has 1 nitrogen and oxygen atoms in total. The molecular weight excluding hydrogens is 517 g/mol. The summed E-state index contributed by atoms with van der Waals surface area (Å²) in [7, 11) is 0. The van der Waals surface area contributed by atoms with Crippen LogP contribution in [0.15, 0.2) is 66.7 Å². The van der Waals surface area contributed by atoms with Gasteiger partial charge in [0.05, 0.1) is 6.10 Å². The van der Waals surface area contributed by atoms with Crippen molar-refractivity contribution in [3.05, 3.63) is 101 Å². The predicted molar refractivity (Wildman–Crippen MR) is 165 cm³/mol. The molecular formula is C37H41F3O. The Hall–Kier alpha value is -3.53. The van der Waals surface area contributed by atoms with Crippen molar-refractivity contribution in [1.82, 2.24) is 0 Å². The molecule has 4 aromatic carbocycles. The van der Waals surface area contributed by atoms with Crippen LogP contribution >= 0.6 is 0 Å². The lowest BCUT2D eigenvalue weighted by Crippen LogP contribution is -2.13. The number of hydrogen-bond donors (Lipinski definition) is 0. The summed E-state index contributed by atoms with van der Waals surface area (Å²) >= 11 is 0. The number of aryl methyl sites for hydroxylation is 3. The van der Waals surface area contributed by atoms with E-state index < -0.39 is 17.5 Å². The third-order valence-corrected chi connectivity index (χ3v) is 7.72. The highest BCUT2D eigenvalue weighted by Crippen LogP contribution is 2.37. The summed E-state index contributed by atoms with van der Waals surface area (Å²) in [6, 6.07) is 19.3. The highest BCUT2D eigenvalue weighted by atomic mass is 19.2. The predicted octanol–water partition coefficient (Wildman–Crippen LogP) is 11.4. The molecule has 0 aromatic heterocycles. The Morgan fingerprint density at radius 2 is 1.24 bits per heavy atom. The van der Waals surface area contributed by atoms with E-state index in [4.69, 9.17) is 4.74 Å². The largest absolute Gasteiger partial charge is 0.490 e. The van der Waals surface area contributed by atoms with Crippen molar-refractivity contribution in [2.75, 3.05) is 0 Å². The van der Waals surface area contributed by atoms with Gasteiger partial charge in [-0.3, -0.25) is 0 Å². The molecule has 4 heteroatoms. The maximum atomic E-state index is 15.5. The van der Waals surface area contributed by atoms with Gasteiger partial charge in [-0.1, -0.05) is 88.1 Å². The first-order chi connectivity index (χ1) is 19.7. The molecule has 0 aliphatic heterocycles. The Morgan fingerprint density at radius 3 is 1.88 bits per heavy atom. The van der Waals surface area contributed by atoms with Gasteiger partial charge in [0.15, 0.2) is 11.6 Å². The van der Waals surface area contributed by atoms with E-state index in [2.05, 4.69) is 20.8 Å². The van der Waals surface area contributed by atoms with E-state index in [0.29, 0.717) is 11.1 Å². The normalized spacial score (nSPS) is 12.0. The number of hydrogen-bond acceptors (Lipinski definition) is 1. The Labute approximate surface area is 243 Å². The van der Waals surface area contributed by atoms with E-state index in [1.165, 1.54) is 49.1 Å². The summed E-state index contributed by atoms with van der Waals surface area (Å²) in [5.41, 5.74) is 5.17. The zero-order valence-electron chi connectivity index (χ0n) is 24.9. The second-order valence-corrected chi connectivity index (χ2v) is 11.1. The van der Waals surface area contributed by atoms with Crippen molar-refractivity contribution in [2.24, 2.45) is 0 Å². The third kappa shape index (κ3) is 7.22. The summed E-state index contributed by atoms with van der Waals surface area (Å²) in [5.74, 6) is -1.86. The molecule has 0 saturated heterocycles. The van der Waals surface area contributed by atoms with Gasteiger partial charge in [-0.15, -0.1) is 0 Å². The number of halogens is 3. The highest BCUT2D eigenvalue weighted by Gasteiger charge is 2.20. The van der Waals surface area contributed by atoms with E-state index >= 15 is 13.2 Å². The quantitative estimate of drug-likeness (QED) is 0.157. The van der Waals surface area contributed by atoms with Crippen LogP contribution in [0, 0.1) is 31.3 Å². The first-order valence-electron chi connectivity index (χ1n) is 14.9. The minimum atomic E-state index is -1.06. The van der Waals surface area contributed by atoms with Crippen molar-refractivity contribution in [3.8, 4) is 39.1 Å². The molecule has 0 amide bonds. The lowest BCUT2D eigenvalue weighted by Gasteiger charge is -2.20. The first-order valence-corrected chi connectivity index (χ1v) is 14.9. The van der Waals surface area contributed by atoms with Crippen molar-refractivity contribution < 1.29 is 17.9 Å². The van der Waals surface area contributed by atoms with Gasteiger partial charge in [-0.05, 0) is 91.6 Å². The molecule has 216 valence electrons. The average molecular weight is 559 g/mol. The van der Waals surface area contributed by atoms with E-state index in [1.54, 1.807) is 6.07 Å². The standard InChI is InChI=1S/C37H41F3O/c1-6-8-9-10-12-26(5)41-37-24(3)21-30(22-25(37)4)31-19-20-33(36(40)35(31)39)32-18-17-29(23-34(32)38)28-15-13-27(11-7-2)14-16-28/h13-23,26H,6-12H2,1-5H3/t26-/m0/s1. The fourth-order valence-corrected chi connectivity index (χ4v) is 5.46.